The number of nitrogens with one attached hydrogen (secondary N) is 2. The van der Waals surface area contributed by atoms with Gasteiger partial charge >= 0.3 is 5.97 Å². The smallest absolute Gasteiger partial charge is 0.342 e. The SMILES string of the molecule is O=C(COC(=O)c1cccnc1Nc1ccccc1F)NC1CCS(=O)(=O)C1. The summed E-state index contributed by atoms with van der Waals surface area (Å²) in [5.74, 6) is -1.94. The second-order valence-electron chi connectivity index (χ2n) is 6.25. The standard InChI is InChI=1S/C18H18FN3O5S/c19-14-5-1-2-6-15(14)22-17-13(4-3-8-20-17)18(24)27-10-16(23)21-12-7-9-28(25,26)11-12/h1-6,8,12H,7,9-11H2,(H,20,22)(H,21,23). The van der Waals surface area contributed by atoms with E-state index in [0.29, 0.717) is 6.42 Å². The summed E-state index contributed by atoms with van der Waals surface area (Å²) in [4.78, 5) is 28.2. The lowest BCUT2D eigenvalue weighted by atomic mass is 10.2. The predicted molar refractivity (Wildman–Crippen MR) is 99.4 cm³/mol. The highest BCUT2D eigenvalue weighted by Crippen LogP contribution is 2.21. The van der Waals surface area contributed by atoms with Crippen LogP contribution in [0.15, 0.2) is 42.6 Å². The molecule has 1 amide bonds. The normalized spacial score (nSPS) is 17.7. The first-order valence-corrected chi connectivity index (χ1v) is 10.3. The van der Waals surface area contributed by atoms with Crippen LogP contribution in [-0.4, -0.2) is 49.4 Å². The number of para-hydroxylation sites is 1. The minimum absolute atomic E-state index is 0.0263. The fraction of sp³-hybridized carbons (Fsp3) is 0.278. The van der Waals surface area contributed by atoms with Crippen molar-refractivity contribution in [2.24, 2.45) is 0 Å². The van der Waals surface area contributed by atoms with E-state index in [1.807, 2.05) is 0 Å². The number of aromatic nitrogens is 1. The zero-order valence-corrected chi connectivity index (χ0v) is 15.5. The summed E-state index contributed by atoms with van der Waals surface area (Å²) < 4.78 is 41.6. The third-order valence-corrected chi connectivity index (χ3v) is 5.85. The van der Waals surface area contributed by atoms with E-state index >= 15 is 0 Å². The summed E-state index contributed by atoms with van der Waals surface area (Å²) >= 11 is 0. The Kier molecular flexibility index (Phi) is 5.88. The van der Waals surface area contributed by atoms with E-state index < -0.39 is 40.2 Å². The van der Waals surface area contributed by atoms with Crippen molar-refractivity contribution in [3.05, 3.63) is 54.0 Å². The lowest BCUT2D eigenvalue weighted by Gasteiger charge is -2.13. The van der Waals surface area contributed by atoms with Crippen LogP contribution >= 0.6 is 0 Å². The molecule has 0 saturated carbocycles. The quantitative estimate of drug-likeness (QED) is 0.696. The molecule has 1 aliphatic rings. The van der Waals surface area contributed by atoms with Crippen molar-refractivity contribution in [2.75, 3.05) is 23.4 Å². The van der Waals surface area contributed by atoms with E-state index in [0.717, 1.165) is 0 Å². The van der Waals surface area contributed by atoms with Crippen LogP contribution in [0.1, 0.15) is 16.8 Å². The van der Waals surface area contributed by atoms with Crippen molar-refractivity contribution in [3.63, 3.8) is 0 Å². The van der Waals surface area contributed by atoms with Crippen molar-refractivity contribution in [1.82, 2.24) is 10.3 Å². The molecular formula is C18H18FN3O5S. The number of benzene rings is 1. The van der Waals surface area contributed by atoms with Crippen molar-refractivity contribution >= 4 is 33.2 Å². The summed E-state index contributed by atoms with van der Waals surface area (Å²) in [6.45, 7) is -0.566. The van der Waals surface area contributed by atoms with Gasteiger partial charge in [0.2, 0.25) is 0 Å². The Morgan fingerprint density at radius 1 is 1.21 bits per heavy atom. The maximum atomic E-state index is 13.8. The molecule has 1 unspecified atom stereocenters. The van der Waals surface area contributed by atoms with Crippen LogP contribution in [0.5, 0.6) is 0 Å². The molecule has 1 aromatic carbocycles. The number of ether oxygens (including phenoxy) is 1. The molecule has 2 heterocycles. The number of halogens is 1. The zero-order valence-electron chi connectivity index (χ0n) is 14.7. The van der Waals surface area contributed by atoms with Crippen LogP contribution in [0.4, 0.5) is 15.9 Å². The third kappa shape index (κ3) is 5.03. The first kappa shape index (κ1) is 19.7. The van der Waals surface area contributed by atoms with Gasteiger partial charge in [0.05, 0.1) is 17.2 Å². The maximum absolute atomic E-state index is 13.8. The highest BCUT2D eigenvalue weighted by Gasteiger charge is 2.29. The molecule has 0 radical (unpaired) electrons. The molecule has 1 fully saturated rings. The van der Waals surface area contributed by atoms with Gasteiger partial charge < -0.3 is 15.4 Å². The third-order valence-electron chi connectivity index (χ3n) is 4.09. The number of carbonyl (C=O) groups excluding carboxylic acids is 2. The number of nitrogens with zero attached hydrogens (tertiary/aromatic N) is 1. The number of esters is 1. The van der Waals surface area contributed by atoms with Gasteiger partial charge in [0.1, 0.15) is 17.2 Å². The van der Waals surface area contributed by atoms with Crippen molar-refractivity contribution in [2.45, 2.75) is 12.5 Å². The summed E-state index contributed by atoms with van der Waals surface area (Å²) in [6.07, 6.45) is 1.76. The van der Waals surface area contributed by atoms with E-state index in [-0.39, 0.29) is 28.6 Å². The Bertz CT molecular complexity index is 996. The van der Waals surface area contributed by atoms with E-state index in [9.17, 15) is 22.4 Å². The van der Waals surface area contributed by atoms with Gasteiger partial charge in [-0.25, -0.2) is 22.6 Å². The molecule has 148 valence electrons. The number of rotatable bonds is 6. The van der Waals surface area contributed by atoms with Gasteiger partial charge in [0.15, 0.2) is 16.4 Å². The molecule has 1 aromatic heterocycles. The molecule has 1 saturated heterocycles. The minimum atomic E-state index is -3.12. The average molecular weight is 407 g/mol. The Morgan fingerprint density at radius 2 is 2.00 bits per heavy atom. The zero-order chi connectivity index (χ0) is 20.1. The van der Waals surface area contributed by atoms with Crippen molar-refractivity contribution in [1.29, 1.82) is 0 Å². The number of anilines is 2. The Hall–Kier alpha value is -3.01. The topological polar surface area (TPSA) is 114 Å². The van der Waals surface area contributed by atoms with Crippen LogP contribution in [0.25, 0.3) is 0 Å². The summed E-state index contributed by atoms with van der Waals surface area (Å²) in [6, 6.07) is 8.36. The minimum Gasteiger partial charge on any atom is -0.452 e. The first-order chi connectivity index (χ1) is 13.3. The van der Waals surface area contributed by atoms with Crippen LogP contribution in [0.3, 0.4) is 0 Å². The number of hydrogen-bond donors (Lipinski definition) is 2. The van der Waals surface area contributed by atoms with E-state index in [4.69, 9.17) is 4.74 Å². The molecule has 2 aromatic rings. The first-order valence-electron chi connectivity index (χ1n) is 8.47. The van der Waals surface area contributed by atoms with Gasteiger partial charge in [0, 0.05) is 12.2 Å². The molecule has 8 nitrogen and oxygen atoms in total. The number of sulfone groups is 1. The van der Waals surface area contributed by atoms with Gasteiger partial charge in [-0.3, -0.25) is 4.79 Å². The number of hydrogen-bond acceptors (Lipinski definition) is 7. The highest BCUT2D eigenvalue weighted by atomic mass is 32.2. The second-order valence-corrected chi connectivity index (χ2v) is 8.48. The molecule has 28 heavy (non-hydrogen) atoms. The van der Waals surface area contributed by atoms with Crippen molar-refractivity contribution in [3.8, 4) is 0 Å². The molecule has 3 rings (SSSR count). The van der Waals surface area contributed by atoms with Crippen molar-refractivity contribution < 1.29 is 27.1 Å². The molecule has 0 aliphatic carbocycles. The van der Waals surface area contributed by atoms with E-state index in [2.05, 4.69) is 15.6 Å². The fourth-order valence-electron chi connectivity index (χ4n) is 2.75. The molecule has 1 atom stereocenters. The lowest BCUT2D eigenvalue weighted by Crippen LogP contribution is -2.38. The van der Waals surface area contributed by atoms with E-state index in [1.165, 1.54) is 36.5 Å². The number of carbonyl (C=O) groups is 2. The fourth-order valence-corrected chi connectivity index (χ4v) is 4.42. The van der Waals surface area contributed by atoms with Gasteiger partial charge in [-0.15, -0.1) is 0 Å². The van der Waals surface area contributed by atoms with Gasteiger partial charge in [-0.1, -0.05) is 12.1 Å². The number of amides is 1. The van der Waals surface area contributed by atoms with Crippen LogP contribution in [0.2, 0.25) is 0 Å². The number of pyridine rings is 1. The molecule has 0 spiro atoms. The molecule has 10 heteroatoms. The van der Waals surface area contributed by atoms with E-state index in [1.54, 1.807) is 6.07 Å². The van der Waals surface area contributed by atoms with Gasteiger partial charge in [0.25, 0.3) is 5.91 Å². The lowest BCUT2D eigenvalue weighted by molar-refractivity contribution is -0.124. The maximum Gasteiger partial charge on any atom is 0.342 e. The molecule has 1 aliphatic heterocycles. The Labute approximate surface area is 161 Å². The Balaban J connectivity index is 1.60. The van der Waals surface area contributed by atoms with Crippen LogP contribution in [0, 0.1) is 5.82 Å². The average Bonchev–Trinajstić information content (AvgIpc) is 3.00. The van der Waals surface area contributed by atoms with Gasteiger partial charge in [-0.2, -0.15) is 0 Å². The second kappa shape index (κ2) is 8.34. The summed E-state index contributed by atoms with van der Waals surface area (Å²) in [7, 11) is -3.12. The largest absolute Gasteiger partial charge is 0.452 e. The van der Waals surface area contributed by atoms with Crippen LogP contribution in [-0.2, 0) is 19.4 Å². The monoisotopic (exact) mass is 407 g/mol. The molecule has 0 bridgehead atoms. The predicted octanol–water partition coefficient (Wildman–Crippen LogP) is 1.42. The Morgan fingerprint density at radius 3 is 2.71 bits per heavy atom. The summed E-state index contributed by atoms with van der Waals surface area (Å²) in [5.41, 5.74) is 0.164. The van der Waals surface area contributed by atoms with Crippen LogP contribution < -0.4 is 10.6 Å². The molecular weight excluding hydrogens is 389 g/mol. The summed E-state index contributed by atoms with van der Waals surface area (Å²) in [5, 5.41) is 5.25. The van der Waals surface area contributed by atoms with Gasteiger partial charge in [-0.05, 0) is 30.7 Å². The molecule has 2 N–H and O–H groups in total. The highest BCUT2D eigenvalue weighted by molar-refractivity contribution is 7.91.